The molecule has 238 valence electrons. The van der Waals surface area contributed by atoms with E-state index < -0.39 is 0 Å². The van der Waals surface area contributed by atoms with Crippen LogP contribution < -0.4 is 4.90 Å². The Morgan fingerprint density at radius 1 is 0.532 bits per heavy atom. The van der Waals surface area contributed by atoms with Gasteiger partial charge in [0.25, 0.3) is 0 Å². The first-order valence-corrected chi connectivity index (χ1v) is 17.9. The van der Waals surface area contributed by atoms with Crippen molar-refractivity contribution in [2.45, 2.75) is 103 Å². The van der Waals surface area contributed by atoms with Crippen LogP contribution in [0.15, 0.2) is 97.1 Å². The third-order valence-corrected chi connectivity index (χ3v) is 12.1. The quantitative estimate of drug-likeness (QED) is 0.194. The fraction of sp³-hybridized carbons (Fsp3) is 0.348. The Labute approximate surface area is 282 Å². The van der Waals surface area contributed by atoms with Gasteiger partial charge in [0.05, 0.1) is 5.69 Å². The lowest BCUT2D eigenvalue weighted by Gasteiger charge is -2.42. The van der Waals surface area contributed by atoms with Crippen LogP contribution in [-0.2, 0) is 29.1 Å². The normalized spacial score (nSPS) is 18.1. The van der Waals surface area contributed by atoms with Gasteiger partial charge in [-0.15, -0.1) is 0 Å². The predicted molar refractivity (Wildman–Crippen MR) is 201 cm³/mol. The van der Waals surface area contributed by atoms with Gasteiger partial charge in [-0.3, -0.25) is 0 Å². The predicted octanol–water partition coefficient (Wildman–Crippen LogP) is 12.7. The monoisotopic (exact) mass is 615 g/mol. The van der Waals surface area contributed by atoms with Crippen molar-refractivity contribution in [2.24, 2.45) is 0 Å². The van der Waals surface area contributed by atoms with E-state index in [9.17, 15) is 0 Å². The molecular formula is C46H49N. The third kappa shape index (κ3) is 4.72. The number of anilines is 3. The fourth-order valence-electron chi connectivity index (χ4n) is 9.16. The van der Waals surface area contributed by atoms with E-state index in [1.807, 2.05) is 0 Å². The molecule has 0 aliphatic heterocycles. The minimum absolute atomic E-state index is 0.0887. The molecule has 0 fully saturated rings. The summed E-state index contributed by atoms with van der Waals surface area (Å²) in [4.78, 5) is 2.58. The maximum Gasteiger partial charge on any atom is 0.0543 e. The van der Waals surface area contributed by atoms with Crippen LogP contribution in [0.5, 0.6) is 0 Å². The zero-order chi connectivity index (χ0) is 32.7. The number of aryl methyl sites for hydroxylation is 2. The number of hydrogen-bond donors (Lipinski definition) is 0. The molecule has 1 heteroatoms. The van der Waals surface area contributed by atoms with Gasteiger partial charge >= 0.3 is 0 Å². The first kappa shape index (κ1) is 30.2. The minimum atomic E-state index is -0.0887. The highest BCUT2D eigenvalue weighted by Gasteiger charge is 2.39. The number of rotatable bonds is 4. The molecule has 5 aromatic carbocycles. The number of nitrogens with zero attached hydrogens (tertiary/aromatic N) is 1. The Balaban J connectivity index is 1.46. The summed E-state index contributed by atoms with van der Waals surface area (Å²) in [6.45, 7) is 16.9. The van der Waals surface area contributed by atoms with Crippen LogP contribution in [-0.4, -0.2) is 0 Å². The highest BCUT2D eigenvalue weighted by Crippen LogP contribution is 2.55. The maximum absolute atomic E-state index is 2.58. The molecule has 0 spiro atoms. The molecule has 5 aromatic rings. The minimum Gasteiger partial charge on any atom is -0.310 e. The van der Waals surface area contributed by atoms with Gasteiger partial charge in [-0.2, -0.15) is 0 Å². The topological polar surface area (TPSA) is 3.24 Å². The van der Waals surface area contributed by atoms with Crippen molar-refractivity contribution in [1.82, 2.24) is 0 Å². The summed E-state index contributed by atoms with van der Waals surface area (Å²) in [5, 5.41) is 0. The lowest BCUT2D eigenvalue weighted by molar-refractivity contribution is 0.332. The maximum atomic E-state index is 2.58. The second-order valence-corrected chi connectivity index (χ2v) is 16.4. The van der Waals surface area contributed by atoms with Crippen molar-refractivity contribution in [3.8, 4) is 22.3 Å². The van der Waals surface area contributed by atoms with Gasteiger partial charge in [0.15, 0.2) is 0 Å². The summed E-state index contributed by atoms with van der Waals surface area (Å²) >= 11 is 0. The molecule has 0 bridgehead atoms. The van der Waals surface area contributed by atoms with Crippen LogP contribution in [0.1, 0.15) is 106 Å². The van der Waals surface area contributed by atoms with Gasteiger partial charge in [0.2, 0.25) is 0 Å². The molecule has 0 saturated carbocycles. The van der Waals surface area contributed by atoms with Crippen LogP contribution in [0.25, 0.3) is 22.3 Å². The van der Waals surface area contributed by atoms with Crippen LogP contribution in [0.4, 0.5) is 17.1 Å². The molecule has 0 aromatic heterocycles. The first-order chi connectivity index (χ1) is 22.5. The van der Waals surface area contributed by atoms with Gasteiger partial charge in [-0.1, -0.05) is 102 Å². The van der Waals surface area contributed by atoms with Crippen molar-refractivity contribution in [2.75, 3.05) is 4.90 Å². The van der Waals surface area contributed by atoms with E-state index >= 15 is 0 Å². The number of hydrogen-bond acceptors (Lipinski definition) is 1. The molecule has 3 aliphatic rings. The van der Waals surface area contributed by atoms with Gasteiger partial charge in [-0.25, -0.2) is 0 Å². The molecule has 0 saturated heterocycles. The Hall–Kier alpha value is -4.10. The Morgan fingerprint density at radius 3 is 2.02 bits per heavy atom. The summed E-state index contributed by atoms with van der Waals surface area (Å²) in [5.74, 6) is 0. The van der Waals surface area contributed by atoms with E-state index in [2.05, 4.69) is 150 Å². The van der Waals surface area contributed by atoms with Crippen molar-refractivity contribution < 1.29 is 0 Å². The van der Waals surface area contributed by atoms with E-state index in [1.54, 1.807) is 5.56 Å². The summed E-state index contributed by atoms with van der Waals surface area (Å²) in [5.41, 5.74) is 19.8. The van der Waals surface area contributed by atoms with Crippen LogP contribution in [0.2, 0.25) is 0 Å². The SMILES string of the molecule is Cc1ccc2c(c1-c1cc3c(cc1N(c1ccccc1)c1ccc4c(c1)C(C)(C)CCC4(C)C)C(C)(C)c1ccccc1-3)CCCC2. The third-order valence-electron chi connectivity index (χ3n) is 12.1. The molecule has 1 nitrogen and oxygen atoms in total. The highest BCUT2D eigenvalue weighted by molar-refractivity contribution is 5.96. The van der Waals surface area contributed by atoms with Crippen LogP contribution in [0.3, 0.4) is 0 Å². The Bertz CT molecular complexity index is 2020. The van der Waals surface area contributed by atoms with E-state index in [1.165, 1.54) is 105 Å². The van der Waals surface area contributed by atoms with E-state index in [-0.39, 0.29) is 16.2 Å². The zero-order valence-corrected chi connectivity index (χ0v) is 29.4. The van der Waals surface area contributed by atoms with Crippen molar-refractivity contribution in [3.05, 3.63) is 136 Å². The largest absolute Gasteiger partial charge is 0.310 e. The van der Waals surface area contributed by atoms with Crippen molar-refractivity contribution >= 4 is 17.1 Å². The molecule has 0 N–H and O–H groups in total. The number of para-hydroxylation sites is 1. The molecule has 3 aliphatic carbocycles. The van der Waals surface area contributed by atoms with Gasteiger partial charge in [0.1, 0.15) is 0 Å². The number of benzene rings is 5. The van der Waals surface area contributed by atoms with E-state index in [0.29, 0.717) is 0 Å². The van der Waals surface area contributed by atoms with Crippen molar-refractivity contribution in [1.29, 1.82) is 0 Å². The Morgan fingerprint density at radius 2 is 1.23 bits per heavy atom. The fourth-order valence-corrected chi connectivity index (χ4v) is 9.16. The summed E-state index contributed by atoms with van der Waals surface area (Å²) in [6.07, 6.45) is 7.30. The number of fused-ring (bicyclic) bond motifs is 5. The average molecular weight is 616 g/mol. The lowest BCUT2D eigenvalue weighted by Crippen LogP contribution is -2.34. The second kappa shape index (κ2) is 10.7. The summed E-state index contributed by atoms with van der Waals surface area (Å²) < 4.78 is 0. The standard InChI is InChI=1S/C46H49N/c1-30-21-22-31-15-11-12-18-34(31)43(30)37-28-36-35-19-13-14-20-38(35)46(6,7)40(36)29-42(37)47(32-16-9-8-10-17-32)33-23-24-39-41(27-33)45(4,5)26-25-44(39,2)3/h8-10,13-14,16-17,19-24,27-29H,11-12,15,18,25-26H2,1-7H3. The molecular weight excluding hydrogens is 567 g/mol. The zero-order valence-electron chi connectivity index (χ0n) is 29.4. The van der Waals surface area contributed by atoms with E-state index in [4.69, 9.17) is 0 Å². The van der Waals surface area contributed by atoms with E-state index in [0.717, 1.165) is 6.42 Å². The second-order valence-electron chi connectivity index (χ2n) is 16.4. The molecule has 47 heavy (non-hydrogen) atoms. The smallest absolute Gasteiger partial charge is 0.0543 e. The summed E-state index contributed by atoms with van der Waals surface area (Å²) in [7, 11) is 0. The summed E-state index contributed by atoms with van der Waals surface area (Å²) in [6, 6.07) is 37.5. The Kier molecular flexibility index (Phi) is 6.89. The molecule has 0 unspecified atom stereocenters. The van der Waals surface area contributed by atoms with Gasteiger partial charge in [-0.05, 0) is 148 Å². The highest BCUT2D eigenvalue weighted by atomic mass is 15.1. The lowest BCUT2D eigenvalue weighted by atomic mass is 9.63. The van der Waals surface area contributed by atoms with Crippen LogP contribution >= 0.6 is 0 Å². The molecule has 0 radical (unpaired) electrons. The van der Waals surface area contributed by atoms with Gasteiger partial charge in [0, 0.05) is 22.4 Å². The molecule has 0 atom stereocenters. The molecule has 8 rings (SSSR count). The van der Waals surface area contributed by atoms with Crippen LogP contribution in [0, 0.1) is 6.92 Å². The van der Waals surface area contributed by atoms with Gasteiger partial charge < -0.3 is 4.90 Å². The average Bonchev–Trinajstić information content (AvgIpc) is 3.29. The van der Waals surface area contributed by atoms with Crippen molar-refractivity contribution in [3.63, 3.8) is 0 Å². The molecule has 0 heterocycles. The molecule has 0 amide bonds. The first-order valence-electron chi connectivity index (χ1n) is 17.9.